The standard InChI is InChI=1S/C16H23N7O/c1-11(2)13-9-15(23-14(20-13)5-6-18-23)19-12(3)16-21-17-10-22(16)7-8-24-4/h5-6,9-12,19H,7-8H2,1-4H3/t12-/m1/s1. The number of aromatic nitrogens is 6. The first-order chi connectivity index (χ1) is 11.6. The second-order valence-corrected chi connectivity index (χ2v) is 6.06. The van der Waals surface area contributed by atoms with Crippen LogP contribution in [-0.4, -0.2) is 43.1 Å². The SMILES string of the molecule is COCCn1cnnc1[C@@H](C)Nc1cc(C(C)C)nc2ccnn12. The highest BCUT2D eigenvalue weighted by Gasteiger charge is 2.16. The van der Waals surface area contributed by atoms with Crippen LogP contribution in [0.3, 0.4) is 0 Å². The zero-order valence-corrected chi connectivity index (χ0v) is 14.5. The second kappa shape index (κ2) is 6.96. The van der Waals surface area contributed by atoms with Crippen LogP contribution in [0.1, 0.15) is 44.2 Å². The second-order valence-electron chi connectivity index (χ2n) is 6.06. The van der Waals surface area contributed by atoms with Gasteiger partial charge in [0.2, 0.25) is 0 Å². The average molecular weight is 329 g/mol. The molecule has 8 heteroatoms. The quantitative estimate of drug-likeness (QED) is 0.716. The molecular formula is C16H23N7O. The van der Waals surface area contributed by atoms with Crippen molar-refractivity contribution in [2.24, 2.45) is 0 Å². The highest BCUT2D eigenvalue weighted by atomic mass is 16.5. The third-order valence-corrected chi connectivity index (χ3v) is 3.90. The Morgan fingerprint density at radius 1 is 1.29 bits per heavy atom. The molecule has 0 aliphatic carbocycles. The van der Waals surface area contributed by atoms with Gasteiger partial charge in [-0.3, -0.25) is 0 Å². The third kappa shape index (κ3) is 3.23. The first kappa shape index (κ1) is 16.4. The maximum absolute atomic E-state index is 5.14. The summed E-state index contributed by atoms with van der Waals surface area (Å²) in [4.78, 5) is 4.63. The monoisotopic (exact) mass is 329 g/mol. The molecular weight excluding hydrogens is 306 g/mol. The minimum Gasteiger partial charge on any atom is -0.383 e. The molecule has 8 nitrogen and oxygen atoms in total. The largest absolute Gasteiger partial charge is 0.383 e. The number of rotatable bonds is 7. The van der Waals surface area contributed by atoms with E-state index in [4.69, 9.17) is 4.74 Å². The van der Waals surface area contributed by atoms with Crippen molar-refractivity contribution in [3.63, 3.8) is 0 Å². The highest BCUT2D eigenvalue weighted by Crippen LogP contribution is 2.22. The Hall–Kier alpha value is -2.48. The van der Waals surface area contributed by atoms with Gasteiger partial charge >= 0.3 is 0 Å². The van der Waals surface area contributed by atoms with Gasteiger partial charge in [0.15, 0.2) is 11.5 Å². The highest BCUT2D eigenvalue weighted by molar-refractivity contribution is 5.50. The Balaban J connectivity index is 1.89. The third-order valence-electron chi connectivity index (χ3n) is 3.90. The number of nitrogens with one attached hydrogen (secondary N) is 1. The van der Waals surface area contributed by atoms with E-state index in [2.05, 4.69) is 46.4 Å². The summed E-state index contributed by atoms with van der Waals surface area (Å²) in [6.07, 6.45) is 3.48. The molecule has 128 valence electrons. The first-order valence-corrected chi connectivity index (χ1v) is 8.08. The van der Waals surface area contributed by atoms with Crippen LogP contribution in [0.15, 0.2) is 24.7 Å². The summed E-state index contributed by atoms with van der Waals surface area (Å²) in [7, 11) is 1.69. The topological polar surface area (TPSA) is 82.2 Å². The number of anilines is 1. The maximum atomic E-state index is 5.14. The van der Waals surface area contributed by atoms with Crippen LogP contribution in [0, 0.1) is 0 Å². The van der Waals surface area contributed by atoms with Gasteiger partial charge in [-0.2, -0.15) is 9.61 Å². The molecule has 0 aliphatic heterocycles. The fraction of sp³-hybridized carbons (Fsp3) is 0.500. The van der Waals surface area contributed by atoms with E-state index in [1.807, 2.05) is 16.7 Å². The molecule has 0 radical (unpaired) electrons. The van der Waals surface area contributed by atoms with Crippen LogP contribution in [-0.2, 0) is 11.3 Å². The first-order valence-electron chi connectivity index (χ1n) is 8.08. The van der Waals surface area contributed by atoms with Crippen molar-refractivity contribution in [2.75, 3.05) is 19.0 Å². The molecule has 1 N–H and O–H groups in total. The Kier molecular flexibility index (Phi) is 4.75. The minimum absolute atomic E-state index is 0.0285. The van der Waals surface area contributed by atoms with Gasteiger partial charge in [-0.25, -0.2) is 4.98 Å². The van der Waals surface area contributed by atoms with Crippen molar-refractivity contribution < 1.29 is 4.74 Å². The number of fused-ring (bicyclic) bond motifs is 1. The minimum atomic E-state index is -0.0285. The lowest BCUT2D eigenvalue weighted by atomic mass is 10.1. The summed E-state index contributed by atoms with van der Waals surface area (Å²) in [5.74, 6) is 2.09. The van der Waals surface area contributed by atoms with Crippen LogP contribution in [0.5, 0.6) is 0 Å². The number of hydrogen-bond acceptors (Lipinski definition) is 6. The molecule has 3 rings (SSSR count). The van der Waals surface area contributed by atoms with Gasteiger partial charge in [0, 0.05) is 31.5 Å². The normalized spacial score (nSPS) is 12.9. The van der Waals surface area contributed by atoms with Crippen molar-refractivity contribution in [1.82, 2.24) is 29.4 Å². The Bertz CT molecular complexity index is 808. The molecule has 0 saturated carbocycles. The zero-order valence-electron chi connectivity index (χ0n) is 14.5. The van der Waals surface area contributed by atoms with Gasteiger partial charge in [-0.1, -0.05) is 13.8 Å². The van der Waals surface area contributed by atoms with Crippen LogP contribution in [0.4, 0.5) is 5.82 Å². The molecule has 0 bridgehead atoms. The van der Waals surface area contributed by atoms with Gasteiger partial charge < -0.3 is 14.6 Å². The molecule has 0 saturated heterocycles. The van der Waals surface area contributed by atoms with Crippen molar-refractivity contribution in [1.29, 1.82) is 0 Å². The molecule has 0 spiro atoms. The molecule has 0 aliphatic rings. The van der Waals surface area contributed by atoms with Crippen molar-refractivity contribution in [3.8, 4) is 0 Å². The lowest BCUT2D eigenvalue weighted by Gasteiger charge is -2.17. The molecule has 3 aromatic heterocycles. The van der Waals surface area contributed by atoms with E-state index < -0.39 is 0 Å². The van der Waals surface area contributed by atoms with Gasteiger partial charge in [0.1, 0.15) is 12.1 Å². The molecule has 0 aromatic carbocycles. The Morgan fingerprint density at radius 2 is 2.12 bits per heavy atom. The van der Waals surface area contributed by atoms with Crippen LogP contribution in [0.2, 0.25) is 0 Å². The van der Waals surface area contributed by atoms with Crippen LogP contribution in [0.25, 0.3) is 5.65 Å². The predicted molar refractivity (Wildman–Crippen MR) is 91.0 cm³/mol. The van der Waals surface area contributed by atoms with Gasteiger partial charge in [0.05, 0.1) is 18.8 Å². The number of methoxy groups -OCH3 is 1. The van der Waals surface area contributed by atoms with E-state index in [-0.39, 0.29) is 6.04 Å². The number of ether oxygens (including phenoxy) is 1. The molecule has 0 unspecified atom stereocenters. The molecule has 3 aromatic rings. The van der Waals surface area contributed by atoms with Crippen molar-refractivity contribution in [2.45, 2.75) is 39.3 Å². The van der Waals surface area contributed by atoms with E-state index in [0.29, 0.717) is 12.5 Å². The van der Waals surface area contributed by atoms with Crippen molar-refractivity contribution in [3.05, 3.63) is 36.2 Å². The molecule has 24 heavy (non-hydrogen) atoms. The fourth-order valence-corrected chi connectivity index (χ4v) is 2.58. The van der Waals surface area contributed by atoms with E-state index in [1.54, 1.807) is 24.1 Å². The van der Waals surface area contributed by atoms with E-state index in [9.17, 15) is 0 Å². The molecule has 0 amide bonds. The summed E-state index contributed by atoms with van der Waals surface area (Å²) in [6, 6.07) is 3.92. The van der Waals surface area contributed by atoms with Crippen LogP contribution >= 0.6 is 0 Å². The van der Waals surface area contributed by atoms with Gasteiger partial charge in [-0.15, -0.1) is 10.2 Å². The maximum Gasteiger partial charge on any atom is 0.157 e. The summed E-state index contributed by atoms with van der Waals surface area (Å²) < 4.78 is 8.93. The predicted octanol–water partition coefficient (Wildman–Crippen LogP) is 2.26. The van der Waals surface area contributed by atoms with Crippen molar-refractivity contribution >= 4 is 11.5 Å². The number of hydrogen-bond donors (Lipinski definition) is 1. The van der Waals surface area contributed by atoms with Gasteiger partial charge in [-0.05, 0) is 12.8 Å². The smallest absolute Gasteiger partial charge is 0.157 e. The lowest BCUT2D eigenvalue weighted by Crippen LogP contribution is -2.17. The molecule has 1 atom stereocenters. The number of nitrogens with zero attached hydrogens (tertiary/aromatic N) is 6. The average Bonchev–Trinajstić information content (AvgIpc) is 3.21. The Labute approximate surface area is 140 Å². The molecule has 0 fully saturated rings. The summed E-state index contributed by atoms with van der Waals surface area (Å²) in [6.45, 7) is 7.65. The summed E-state index contributed by atoms with van der Waals surface area (Å²) in [5, 5.41) is 16.1. The van der Waals surface area contributed by atoms with Gasteiger partial charge in [0.25, 0.3) is 0 Å². The lowest BCUT2D eigenvalue weighted by molar-refractivity contribution is 0.186. The molecule has 3 heterocycles. The van der Waals surface area contributed by atoms with E-state index in [1.165, 1.54) is 0 Å². The van der Waals surface area contributed by atoms with Crippen LogP contribution < -0.4 is 5.32 Å². The fourth-order valence-electron chi connectivity index (χ4n) is 2.58. The summed E-state index contributed by atoms with van der Waals surface area (Å²) >= 11 is 0. The zero-order chi connectivity index (χ0) is 17.1. The summed E-state index contributed by atoms with van der Waals surface area (Å²) in [5.41, 5.74) is 1.86. The Morgan fingerprint density at radius 3 is 2.88 bits per heavy atom. The van der Waals surface area contributed by atoms with E-state index >= 15 is 0 Å². The van der Waals surface area contributed by atoms with E-state index in [0.717, 1.165) is 29.5 Å².